The highest BCUT2D eigenvalue weighted by Crippen LogP contribution is 2.22. The third kappa shape index (κ3) is 6.20. The van der Waals surface area contributed by atoms with Gasteiger partial charge < -0.3 is 19.3 Å². The van der Waals surface area contributed by atoms with Crippen molar-refractivity contribution in [1.29, 1.82) is 0 Å². The third-order valence-corrected chi connectivity index (χ3v) is 6.50. The van der Waals surface area contributed by atoms with Gasteiger partial charge in [0.2, 0.25) is 5.91 Å². The Morgan fingerprint density at radius 3 is 2.26 bits per heavy atom. The summed E-state index contributed by atoms with van der Waals surface area (Å²) in [7, 11) is 1.61. The van der Waals surface area contributed by atoms with Crippen molar-refractivity contribution in [2.45, 2.75) is 51.7 Å². The SMILES string of the molecule is CCN(CC)[C@@H]1CCN(C(=O)c2ccc(OC3CCN(C(=O)CCOC)CC3)cc2)C1. The van der Waals surface area contributed by atoms with Crippen LogP contribution < -0.4 is 4.74 Å². The summed E-state index contributed by atoms with van der Waals surface area (Å²) in [4.78, 5) is 31.3. The van der Waals surface area contributed by atoms with Crippen molar-refractivity contribution in [3.05, 3.63) is 29.8 Å². The summed E-state index contributed by atoms with van der Waals surface area (Å²) < 4.78 is 11.1. The van der Waals surface area contributed by atoms with E-state index >= 15 is 0 Å². The van der Waals surface area contributed by atoms with Crippen LogP contribution in [0.25, 0.3) is 0 Å². The lowest BCUT2D eigenvalue weighted by atomic mass is 10.1. The van der Waals surface area contributed by atoms with E-state index in [0.717, 1.165) is 51.2 Å². The largest absolute Gasteiger partial charge is 0.490 e. The molecule has 2 amide bonds. The smallest absolute Gasteiger partial charge is 0.253 e. The highest BCUT2D eigenvalue weighted by molar-refractivity contribution is 5.94. The molecule has 1 atom stereocenters. The van der Waals surface area contributed by atoms with Crippen LogP contribution in [-0.4, -0.2) is 91.6 Å². The first-order chi connectivity index (χ1) is 15.0. The number of ether oxygens (including phenoxy) is 2. The van der Waals surface area contributed by atoms with Gasteiger partial charge in [-0.25, -0.2) is 0 Å². The number of carbonyl (C=O) groups is 2. The van der Waals surface area contributed by atoms with Gasteiger partial charge in [0.15, 0.2) is 0 Å². The zero-order valence-electron chi connectivity index (χ0n) is 19.2. The Bertz CT molecular complexity index is 712. The molecule has 0 radical (unpaired) electrons. The minimum Gasteiger partial charge on any atom is -0.490 e. The molecule has 0 unspecified atom stereocenters. The normalized spacial score (nSPS) is 19.8. The third-order valence-electron chi connectivity index (χ3n) is 6.50. The number of nitrogens with zero attached hydrogens (tertiary/aromatic N) is 3. The number of benzene rings is 1. The molecule has 0 saturated carbocycles. The fourth-order valence-electron chi connectivity index (χ4n) is 4.59. The molecule has 7 nitrogen and oxygen atoms in total. The molecule has 2 aliphatic heterocycles. The maximum absolute atomic E-state index is 12.9. The molecular formula is C24H37N3O4. The Balaban J connectivity index is 1.46. The van der Waals surface area contributed by atoms with E-state index < -0.39 is 0 Å². The fourth-order valence-corrected chi connectivity index (χ4v) is 4.59. The molecule has 0 aromatic heterocycles. The number of likely N-dealkylation sites (tertiary alicyclic amines) is 2. The van der Waals surface area contributed by atoms with Crippen LogP contribution in [0.3, 0.4) is 0 Å². The number of rotatable bonds is 9. The second-order valence-electron chi connectivity index (χ2n) is 8.38. The second-order valence-corrected chi connectivity index (χ2v) is 8.38. The van der Waals surface area contributed by atoms with Crippen molar-refractivity contribution < 1.29 is 19.1 Å². The Kier molecular flexibility index (Phi) is 8.72. The second kappa shape index (κ2) is 11.5. The highest BCUT2D eigenvalue weighted by atomic mass is 16.5. The Morgan fingerprint density at radius 2 is 1.65 bits per heavy atom. The number of likely N-dealkylation sites (N-methyl/N-ethyl adjacent to an activating group) is 1. The van der Waals surface area contributed by atoms with Crippen LogP contribution in [-0.2, 0) is 9.53 Å². The van der Waals surface area contributed by atoms with Crippen molar-refractivity contribution >= 4 is 11.8 Å². The zero-order valence-corrected chi connectivity index (χ0v) is 19.2. The first-order valence-electron chi connectivity index (χ1n) is 11.6. The van der Waals surface area contributed by atoms with E-state index in [1.165, 1.54) is 0 Å². The monoisotopic (exact) mass is 431 g/mol. The molecule has 0 N–H and O–H groups in total. The highest BCUT2D eigenvalue weighted by Gasteiger charge is 2.30. The van der Waals surface area contributed by atoms with Crippen LogP contribution in [0.15, 0.2) is 24.3 Å². The minimum atomic E-state index is 0.0986. The van der Waals surface area contributed by atoms with Crippen LogP contribution in [0.2, 0.25) is 0 Å². The number of piperidine rings is 1. The number of methoxy groups -OCH3 is 1. The van der Waals surface area contributed by atoms with Crippen molar-refractivity contribution in [3.8, 4) is 5.75 Å². The van der Waals surface area contributed by atoms with Gasteiger partial charge in [0.1, 0.15) is 11.9 Å². The number of hydrogen-bond donors (Lipinski definition) is 0. The molecule has 2 aliphatic rings. The molecule has 172 valence electrons. The van der Waals surface area contributed by atoms with Crippen molar-refractivity contribution in [2.24, 2.45) is 0 Å². The molecule has 7 heteroatoms. The predicted molar refractivity (Wildman–Crippen MR) is 120 cm³/mol. The lowest BCUT2D eigenvalue weighted by Crippen LogP contribution is -2.42. The predicted octanol–water partition coefficient (Wildman–Crippen LogP) is 2.65. The average molecular weight is 432 g/mol. The first-order valence-corrected chi connectivity index (χ1v) is 11.6. The molecule has 0 aliphatic carbocycles. The first kappa shape index (κ1) is 23.5. The van der Waals surface area contributed by atoms with E-state index in [0.29, 0.717) is 37.7 Å². The maximum atomic E-state index is 12.9. The standard InChI is InChI=1S/C24H37N3O4/c1-4-25(5-2)20-10-14-27(18-20)24(29)19-6-8-21(9-7-19)31-22-11-15-26(16-12-22)23(28)13-17-30-3/h6-9,20,22H,4-5,10-18H2,1-3H3/t20-/m1/s1. The van der Waals surface area contributed by atoms with E-state index in [2.05, 4.69) is 18.7 Å². The van der Waals surface area contributed by atoms with Gasteiger partial charge in [0, 0.05) is 57.7 Å². The fraction of sp³-hybridized carbons (Fsp3) is 0.667. The van der Waals surface area contributed by atoms with Crippen LogP contribution >= 0.6 is 0 Å². The van der Waals surface area contributed by atoms with Crippen LogP contribution in [0.5, 0.6) is 5.75 Å². The summed E-state index contributed by atoms with van der Waals surface area (Å²) in [5, 5.41) is 0. The summed E-state index contributed by atoms with van der Waals surface area (Å²) in [6.45, 7) is 9.92. The molecule has 0 spiro atoms. The van der Waals surface area contributed by atoms with Gasteiger partial charge in [-0.3, -0.25) is 14.5 Å². The lowest BCUT2D eigenvalue weighted by molar-refractivity contribution is -0.133. The van der Waals surface area contributed by atoms with Crippen molar-refractivity contribution in [1.82, 2.24) is 14.7 Å². The maximum Gasteiger partial charge on any atom is 0.253 e. The average Bonchev–Trinajstić information content (AvgIpc) is 3.29. The Hall–Kier alpha value is -2.12. The molecule has 2 saturated heterocycles. The van der Waals surface area contributed by atoms with Gasteiger partial charge in [0.05, 0.1) is 13.0 Å². The van der Waals surface area contributed by atoms with E-state index in [1.807, 2.05) is 34.1 Å². The summed E-state index contributed by atoms with van der Waals surface area (Å²) in [5.41, 5.74) is 0.714. The van der Waals surface area contributed by atoms with E-state index in [1.54, 1.807) is 7.11 Å². The molecule has 1 aromatic rings. The summed E-state index contributed by atoms with van der Waals surface area (Å²) in [5.74, 6) is 1.03. The Labute approximate surface area is 186 Å². The quantitative estimate of drug-likeness (QED) is 0.602. The molecular weight excluding hydrogens is 394 g/mol. The number of carbonyl (C=O) groups excluding carboxylic acids is 2. The summed E-state index contributed by atoms with van der Waals surface area (Å²) >= 11 is 0. The van der Waals surface area contributed by atoms with Crippen LogP contribution in [0.1, 0.15) is 49.9 Å². The lowest BCUT2D eigenvalue weighted by Gasteiger charge is -2.32. The van der Waals surface area contributed by atoms with Gasteiger partial charge in [-0.2, -0.15) is 0 Å². The number of hydrogen-bond acceptors (Lipinski definition) is 5. The summed E-state index contributed by atoms with van der Waals surface area (Å²) in [6, 6.07) is 7.98. The molecule has 2 heterocycles. The molecule has 2 fully saturated rings. The molecule has 3 rings (SSSR count). The van der Waals surface area contributed by atoms with Gasteiger partial charge in [-0.15, -0.1) is 0 Å². The van der Waals surface area contributed by atoms with Crippen molar-refractivity contribution in [3.63, 3.8) is 0 Å². The molecule has 0 bridgehead atoms. The van der Waals surface area contributed by atoms with E-state index in [9.17, 15) is 9.59 Å². The molecule has 31 heavy (non-hydrogen) atoms. The van der Waals surface area contributed by atoms with Gasteiger partial charge in [-0.05, 0) is 43.8 Å². The van der Waals surface area contributed by atoms with E-state index in [-0.39, 0.29) is 17.9 Å². The van der Waals surface area contributed by atoms with Crippen molar-refractivity contribution in [2.75, 3.05) is 53.0 Å². The van der Waals surface area contributed by atoms with Gasteiger partial charge in [0.25, 0.3) is 5.91 Å². The zero-order chi connectivity index (χ0) is 22.2. The van der Waals surface area contributed by atoms with E-state index in [4.69, 9.17) is 9.47 Å². The van der Waals surface area contributed by atoms with Crippen LogP contribution in [0, 0.1) is 0 Å². The topological polar surface area (TPSA) is 62.3 Å². The number of amides is 2. The van der Waals surface area contributed by atoms with Gasteiger partial charge >= 0.3 is 0 Å². The summed E-state index contributed by atoms with van der Waals surface area (Å²) in [6.07, 6.45) is 3.21. The minimum absolute atomic E-state index is 0.0986. The Morgan fingerprint density at radius 1 is 1.00 bits per heavy atom. The van der Waals surface area contributed by atoms with Gasteiger partial charge in [-0.1, -0.05) is 13.8 Å². The van der Waals surface area contributed by atoms with Crippen LogP contribution in [0.4, 0.5) is 0 Å². The molecule has 1 aromatic carbocycles.